The summed E-state index contributed by atoms with van der Waals surface area (Å²) in [6.07, 6.45) is 2.18. The molecule has 1 unspecified atom stereocenters. The van der Waals surface area contributed by atoms with Gasteiger partial charge < -0.3 is 10.2 Å². The van der Waals surface area contributed by atoms with Crippen LogP contribution in [0.4, 0.5) is 4.39 Å². The first-order valence-corrected chi connectivity index (χ1v) is 9.74. The maximum Gasteiger partial charge on any atom is 0.237 e. The van der Waals surface area contributed by atoms with Crippen LogP contribution in [0.5, 0.6) is 0 Å². The van der Waals surface area contributed by atoms with E-state index in [1.165, 1.54) is 11.6 Å². The average Bonchev–Trinajstić information content (AvgIpc) is 3.52. The van der Waals surface area contributed by atoms with Gasteiger partial charge in [-0.05, 0) is 36.1 Å². The number of nitrogens with zero attached hydrogens (tertiary/aromatic N) is 2. The summed E-state index contributed by atoms with van der Waals surface area (Å²) in [6, 6.07) is 17.3. The molecule has 1 amide bonds. The molecule has 2 aromatic carbocycles. The number of hydrogen-bond acceptors (Lipinski definition) is 3. The Morgan fingerprint density at radius 1 is 1.15 bits per heavy atom. The quantitative estimate of drug-likeness (QED) is 0.853. The van der Waals surface area contributed by atoms with Gasteiger partial charge in [0, 0.05) is 38.3 Å². The zero-order valence-electron chi connectivity index (χ0n) is 15.5. The van der Waals surface area contributed by atoms with Crippen LogP contribution in [0.3, 0.4) is 0 Å². The maximum absolute atomic E-state index is 13.7. The number of nitrogens with one attached hydrogen (secondary N) is 1. The summed E-state index contributed by atoms with van der Waals surface area (Å²) in [4.78, 5) is 17.3. The third-order valence-electron chi connectivity index (χ3n) is 5.43. The van der Waals surface area contributed by atoms with Gasteiger partial charge in [0.05, 0.1) is 6.54 Å². The molecule has 1 N–H and O–H groups in total. The first-order chi connectivity index (χ1) is 13.2. The zero-order chi connectivity index (χ0) is 18.6. The summed E-state index contributed by atoms with van der Waals surface area (Å²) in [5.74, 6) is -0.0577. The van der Waals surface area contributed by atoms with E-state index in [4.69, 9.17) is 0 Å². The third-order valence-corrected chi connectivity index (χ3v) is 5.43. The Morgan fingerprint density at radius 3 is 2.70 bits per heavy atom. The van der Waals surface area contributed by atoms with Crippen molar-refractivity contribution in [3.8, 4) is 0 Å². The van der Waals surface area contributed by atoms with Crippen LogP contribution in [0.2, 0.25) is 0 Å². The molecule has 27 heavy (non-hydrogen) atoms. The molecule has 1 aliphatic carbocycles. The second kappa shape index (κ2) is 8.19. The molecule has 0 bridgehead atoms. The first-order valence-electron chi connectivity index (χ1n) is 9.74. The van der Waals surface area contributed by atoms with Gasteiger partial charge in [-0.15, -0.1) is 0 Å². The molecule has 5 heteroatoms. The molecule has 2 aliphatic rings. The number of benzene rings is 2. The Balaban J connectivity index is 1.47. The van der Waals surface area contributed by atoms with E-state index in [1.807, 2.05) is 29.2 Å². The largest absolute Gasteiger partial charge is 0.334 e. The molecule has 1 saturated carbocycles. The summed E-state index contributed by atoms with van der Waals surface area (Å²) in [6.45, 7) is 3.42. The minimum Gasteiger partial charge on any atom is -0.334 e. The summed E-state index contributed by atoms with van der Waals surface area (Å²) in [7, 11) is 0. The van der Waals surface area contributed by atoms with E-state index >= 15 is 0 Å². The molecular formula is C22H26FN3O. The van der Waals surface area contributed by atoms with Crippen molar-refractivity contribution in [2.45, 2.75) is 31.5 Å². The zero-order valence-corrected chi connectivity index (χ0v) is 15.5. The van der Waals surface area contributed by atoms with Crippen molar-refractivity contribution in [1.29, 1.82) is 0 Å². The predicted octanol–water partition coefficient (Wildman–Crippen LogP) is 2.96. The first kappa shape index (κ1) is 18.1. The second-order valence-electron chi connectivity index (χ2n) is 7.48. The van der Waals surface area contributed by atoms with Crippen LogP contribution >= 0.6 is 0 Å². The van der Waals surface area contributed by atoms with Crippen molar-refractivity contribution in [3.63, 3.8) is 0 Å². The molecule has 0 radical (unpaired) electrons. The van der Waals surface area contributed by atoms with Gasteiger partial charge in [0.1, 0.15) is 5.82 Å². The highest BCUT2D eigenvalue weighted by Crippen LogP contribution is 2.29. The number of piperazine rings is 1. The van der Waals surface area contributed by atoms with Gasteiger partial charge in [-0.1, -0.05) is 42.5 Å². The average molecular weight is 367 g/mol. The van der Waals surface area contributed by atoms with Crippen molar-refractivity contribution < 1.29 is 9.18 Å². The highest BCUT2D eigenvalue weighted by Gasteiger charge is 2.34. The molecule has 4 rings (SSSR count). The Morgan fingerprint density at radius 2 is 1.96 bits per heavy atom. The fraction of sp³-hybridized carbons (Fsp3) is 0.409. The van der Waals surface area contributed by atoms with Crippen LogP contribution in [0, 0.1) is 5.82 Å². The molecule has 2 fully saturated rings. The summed E-state index contributed by atoms with van der Waals surface area (Å²) in [5, 5.41) is 3.37. The van der Waals surface area contributed by atoms with Crippen LogP contribution in [-0.4, -0.2) is 47.9 Å². The van der Waals surface area contributed by atoms with Gasteiger partial charge >= 0.3 is 0 Å². The molecular weight excluding hydrogens is 341 g/mol. The van der Waals surface area contributed by atoms with E-state index < -0.39 is 0 Å². The van der Waals surface area contributed by atoms with E-state index in [-0.39, 0.29) is 17.8 Å². The van der Waals surface area contributed by atoms with Crippen molar-refractivity contribution in [2.24, 2.45) is 0 Å². The van der Waals surface area contributed by atoms with E-state index in [2.05, 4.69) is 22.3 Å². The predicted molar refractivity (Wildman–Crippen MR) is 104 cm³/mol. The van der Waals surface area contributed by atoms with Crippen LogP contribution in [-0.2, 0) is 11.3 Å². The maximum atomic E-state index is 13.7. The highest BCUT2D eigenvalue weighted by molar-refractivity contribution is 5.79. The van der Waals surface area contributed by atoms with Crippen LogP contribution in [0.1, 0.15) is 30.0 Å². The van der Waals surface area contributed by atoms with Gasteiger partial charge in [0.25, 0.3) is 0 Å². The SMILES string of the molecule is O=C(CN1CCNCC1c1cccc(F)c1)N(Cc1ccccc1)C1CC1. The van der Waals surface area contributed by atoms with Crippen LogP contribution < -0.4 is 5.32 Å². The molecule has 2 aromatic rings. The van der Waals surface area contributed by atoms with Gasteiger partial charge in [0.15, 0.2) is 0 Å². The lowest BCUT2D eigenvalue weighted by molar-refractivity contribution is -0.134. The highest BCUT2D eigenvalue weighted by atomic mass is 19.1. The van der Waals surface area contributed by atoms with Gasteiger partial charge in [0.2, 0.25) is 5.91 Å². The minimum absolute atomic E-state index is 0.0242. The van der Waals surface area contributed by atoms with Crippen LogP contribution in [0.15, 0.2) is 54.6 Å². The fourth-order valence-corrected chi connectivity index (χ4v) is 3.83. The monoisotopic (exact) mass is 367 g/mol. The fourth-order valence-electron chi connectivity index (χ4n) is 3.83. The molecule has 1 saturated heterocycles. The molecule has 0 aromatic heterocycles. The van der Waals surface area contributed by atoms with E-state index in [0.717, 1.165) is 38.0 Å². The van der Waals surface area contributed by atoms with Crippen molar-refractivity contribution in [3.05, 3.63) is 71.5 Å². The topological polar surface area (TPSA) is 35.6 Å². The van der Waals surface area contributed by atoms with Gasteiger partial charge in [-0.3, -0.25) is 9.69 Å². The van der Waals surface area contributed by atoms with Crippen LogP contribution in [0.25, 0.3) is 0 Å². The standard InChI is InChI=1S/C22H26FN3O/c23-19-8-4-7-18(13-19)21-14-24-11-12-25(21)16-22(27)26(20-9-10-20)15-17-5-2-1-3-6-17/h1-8,13,20-21,24H,9-12,14-16H2. The summed E-state index contributed by atoms with van der Waals surface area (Å²) < 4.78 is 13.7. The third kappa shape index (κ3) is 4.54. The number of rotatable bonds is 6. The van der Waals surface area contributed by atoms with Crippen molar-refractivity contribution in [2.75, 3.05) is 26.2 Å². The number of amides is 1. The van der Waals surface area contributed by atoms with E-state index in [1.54, 1.807) is 12.1 Å². The Hall–Kier alpha value is -2.24. The van der Waals surface area contributed by atoms with Crippen molar-refractivity contribution >= 4 is 5.91 Å². The smallest absolute Gasteiger partial charge is 0.237 e. The Labute approximate surface area is 160 Å². The molecule has 1 heterocycles. The Bertz CT molecular complexity index is 778. The second-order valence-corrected chi connectivity index (χ2v) is 7.48. The lowest BCUT2D eigenvalue weighted by Gasteiger charge is -2.37. The molecule has 142 valence electrons. The molecule has 1 aliphatic heterocycles. The minimum atomic E-state index is -0.229. The summed E-state index contributed by atoms with van der Waals surface area (Å²) >= 11 is 0. The van der Waals surface area contributed by atoms with Crippen molar-refractivity contribution in [1.82, 2.24) is 15.1 Å². The van der Waals surface area contributed by atoms with Gasteiger partial charge in [-0.2, -0.15) is 0 Å². The Kier molecular flexibility index (Phi) is 5.50. The lowest BCUT2D eigenvalue weighted by atomic mass is 10.0. The number of hydrogen-bond donors (Lipinski definition) is 1. The molecule has 4 nitrogen and oxygen atoms in total. The number of carbonyl (C=O) groups is 1. The van der Waals surface area contributed by atoms with E-state index in [9.17, 15) is 9.18 Å². The number of carbonyl (C=O) groups excluding carboxylic acids is 1. The number of halogens is 1. The van der Waals surface area contributed by atoms with Gasteiger partial charge in [-0.25, -0.2) is 4.39 Å². The normalized spacial score (nSPS) is 20.4. The molecule has 1 atom stereocenters. The summed E-state index contributed by atoms with van der Waals surface area (Å²) in [5.41, 5.74) is 2.09. The molecule has 0 spiro atoms. The lowest BCUT2D eigenvalue weighted by Crippen LogP contribution is -2.50. The van der Waals surface area contributed by atoms with E-state index in [0.29, 0.717) is 19.1 Å².